The second-order valence-electron chi connectivity index (χ2n) is 24.5. The highest BCUT2D eigenvalue weighted by Crippen LogP contribution is 2.30. The smallest absolute Gasteiger partial charge is 0.305 e. The van der Waals surface area contributed by atoms with Gasteiger partial charge in [0.1, 0.15) is 96.8 Å². The molecule has 0 bridgehead atoms. The highest BCUT2D eigenvalue weighted by Gasteiger charge is 2.50. The van der Waals surface area contributed by atoms with Gasteiger partial charge in [-0.2, -0.15) is 0 Å². The van der Waals surface area contributed by atoms with E-state index in [2.05, 4.69) is 52.8 Å². The molecule has 0 unspecified atom stereocenters. The maximum atomic E-state index is 14.8. The zero-order valence-electron chi connectivity index (χ0n) is 56.7. The van der Waals surface area contributed by atoms with Crippen LogP contribution in [-0.2, 0) is 87.7 Å². The topological polar surface area (TPSA) is 718 Å². The number of amides is 12. The lowest BCUT2D eigenvalue weighted by molar-refractivity contribution is -0.355. The Balaban J connectivity index is 2.02. The lowest BCUT2D eigenvalue weighted by Gasteiger charge is -2.45. The number of phenolic OH excluding ortho intramolecular Hbond substituents is 1. The van der Waals surface area contributed by atoms with Crippen molar-refractivity contribution in [2.75, 3.05) is 32.9 Å². The highest BCUT2D eigenvalue weighted by molar-refractivity contribution is 5.99. The number of guanidine groups is 1. The molecule has 2 aliphatic rings. The van der Waals surface area contributed by atoms with Gasteiger partial charge in [0.15, 0.2) is 18.5 Å². The van der Waals surface area contributed by atoms with Crippen LogP contribution in [0.1, 0.15) is 91.5 Å². The minimum absolute atomic E-state index is 0.0308. The van der Waals surface area contributed by atoms with E-state index in [1.54, 1.807) is 13.8 Å². The van der Waals surface area contributed by atoms with E-state index in [0.29, 0.717) is 5.56 Å². The SMILES string of the molecule is CC[C@H](C)[C@H](NC(=O)CNC(=O)[C@H](Cc1ccc(O)cc1)NC(=O)[C@@H](N)CC(=O)O)C(=O)N[C@@H](CO[C@@H]1O[C@H](C)[C@H](O[C@H]2O[C@H](CO)[C@H](O)[C@H](O)[C@H]2O)[C@H](O)[C@H]1O)C(=O)N[C@@H](CCC(N)=O)C(=O)N[C@H](C(=O)N[C@@H](CC(N)=O)C(=O)N[C@@H](CO)C(=O)N[C@@H](CCCN=C(N)N)C(N)=O)[C@@H](C)CC. The fourth-order valence-electron chi connectivity index (χ4n) is 10.1. The third kappa shape index (κ3) is 27.7. The number of carbonyl (C=O) groups is 13. The predicted octanol–water partition coefficient (Wildman–Crippen LogP) is -11.8. The van der Waals surface area contributed by atoms with Gasteiger partial charge in [-0.15, -0.1) is 0 Å². The molecule has 21 atom stereocenters. The molecule has 1 aromatic rings. The minimum Gasteiger partial charge on any atom is -0.508 e. The Hall–Kier alpha value is -9.08. The number of nitrogens with zero attached hydrogens (tertiary/aromatic N) is 1. The van der Waals surface area contributed by atoms with Crippen LogP contribution in [0.25, 0.3) is 0 Å². The van der Waals surface area contributed by atoms with E-state index in [0.717, 1.165) is 0 Å². The largest absolute Gasteiger partial charge is 0.508 e. The number of carboxylic acids is 1. The number of ether oxygens (including phenoxy) is 4. The number of benzene rings is 1. The average molecular weight is 1460 g/mol. The van der Waals surface area contributed by atoms with Crippen LogP contribution in [0.3, 0.4) is 0 Å². The lowest BCUT2D eigenvalue weighted by Crippen LogP contribution is -2.64. The normalized spacial score (nSPS) is 23.5. The van der Waals surface area contributed by atoms with Crippen molar-refractivity contribution in [2.45, 2.75) is 208 Å². The summed E-state index contributed by atoms with van der Waals surface area (Å²) in [5.74, 6) is -17.2. The Labute approximate surface area is 584 Å². The van der Waals surface area contributed by atoms with Gasteiger partial charge in [0.25, 0.3) is 0 Å². The molecule has 2 aliphatic heterocycles. The third-order valence-corrected chi connectivity index (χ3v) is 16.5. The van der Waals surface area contributed by atoms with Gasteiger partial charge in [-0.25, -0.2) is 0 Å². The Morgan fingerprint density at radius 2 is 1.11 bits per heavy atom. The first-order chi connectivity index (χ1) is 47.9. The molecule has 0 saturated carbocycles. The van der Waals surface area contributed by atoms with Crippen LogP contribution >= 0.6 is 0 Å². The fraction of sp³-hybridized carbons (Fsp3) is 0.667. The molecule has 102 heavy (non-hydrogen) atoms. The molecule has 574 valence electrons. The summed E-state index contributed by atoms with van der Waals surface area (Å²) in [6.45, 7) is 3.49. The summed E-state index contributed by atoms with van der Waals surface area (Å²) in [7, 11) is 0. The van der Waals surface area contributed by atoms with Crippen LogP contribution in [0.4, 0.5) is 0 Å². The minimum atomic E-state index is -2.14. The van der Waals surface area contributed by atoms with E-state index in [1.165, 1.54) is 45.0 Å². The summed E-state index contributed by atoms with van der Waals surface area (Å²) in [5.41, 5.74) is 33.1. The average Bonchev–Trinajstić information content (AvgIpc) is 0.790. The molecule has 0 radical (unpaired) electrons. The second kappa shape index (κ2) is 42.4. The van der Waals surface area contributed by atoms with E-state index in [4.69, 9.17) is 53.3 Å². The van der Waals surface area contributed by atoms with Crippen molar-refractivity contribution in [1.82, 2.24) is 47.9 Å². The first-order valence-corrected chi connectivity index (χ1v) is 32.4. The summed E-state index contributed by atoms with van der Waals surface area (Å²) in [6, 6.07) is -10.2. The Kier molecular flexibility index (Phi) is 36.2. The van der Waals surface area contributed by atoms with Gasteiger partial charge < -0.3 is 147 Å². The Morgan fingerprint density at radius 3 is 1.66 bits per heavy atom. The van der Waals surface area contributed by atoms with E-state index in [1.807, 2.05) is 0 Å². The van der Waals surface area contributed by atoms with Crippen molar-refractivity contribution >= 4 is 82.8 Å². The second-order valence-corrected chi connectivity index (χ2v) is 24.5. The van der Waals surface area contributed by atoms with E-state index in [-0.39, 0.29) is 50.4 Å². The highest BCUT2D eigenvalue weighted by atomic mass is 16.7. The maximum Gasteiger partial charge on any atom is 0.305 e. The molecular formula is C60H98N16O26. The van der Waals surface area contributed by atoms with E-state index in [9.17, 15) is 108 Å². The first kappa shape index (κ1) is 87.1. The van der Waals surface area contributed by atoms with Gasteiger partial charge in [0.05, 0.1) is 51.4 Å². The number of aliphatic imine (C=N–C) groups is 1. The lowest BCUT2D eigenvalue weighted by atomic mass is 9.96. The van der Waals surface area contributed by atoms with Crippen LogP contribution < -0.4 is 82.3 Å². The number of carboxylic acid groups (broad SMARTS) is 1. The molecule has 0 spiro atoms. The maximum absolute atomic E-state index is 14.8. The van der Waals surface area contributed by atoms with Gasteiger partial charge in [-0.3, -0.25) is 67.3 Å². The van der Waals surface area contributed by atoms with Crippen LogP contribution in [0.2, 0.25) is 0 Å². The quantitative estimate of drug-likeness (QED) is 0.0164. The fourth-order valence-corrected chi connectivity index (χ4v) is 10.1. The zero-order chi connectivity index (χ0) is 77.0. The Morgan fingerprint density at radius 1 is 0.578 bits per heavy atom. The number of carbonyl (C=O) groups excluding carboxylic acids is 12. The number of aliphatic hydroxyl groups is 7. The monoisotopic (exact) mass is 1460 g/mol. The zero-order valence-corrected chi connectivity index (χ0v) is 56.7. The molecule has 1 aromatic carbocycles. The van der Waals surface area contributed by atoms with Gasteiger partial charge in [0, 0.05) is 19.4 Å². The number of phenols is 1. The van der Waals surface area contributed by atoms with Crippen molar-refractivity contribution in [2.24, 2.45) is 51.2 Å². The molecule has 0 aromatic heterocycles. The van der Waals surface area contributed by atoms with Crippen molar-refractivity contribution < 1.29 is 127 Å². The van der Waals surface area contributed by atoms with Crippen LogP contribution in [0, 0.1) is 11.8 Å². The molecule has 3 rings (SSSR count). The van der Waals surface area contributed by atoms with Gasteiger partial charge >= 0.3 is 5.97 Å². The van der Waals surface area contributed by atoms with Gasteiger partial charge in [-0.1, -0.05) is 52.7 Å². The van der Waals surface area contributed by atoms with Crippen LogP contribution in [-0.4, -0.2) is 277 Å². The van der Waals surface area contributed by atoms with E-state index >= 15 is 0 Å². The number of nitrogens with one attached hydrogen (secondary N) is 9. The molecule has 2 fully saturated rings. The number of aliphatic hydroxyl groups excluding tert-OH is 7. The Bertz CT molecular complexity index is 3060. The summed E-state index contributed by atoms with van der Waals surface area (Å²) < 4.78 is 22.7. The number of rotatable bonds is 43. The van der Waals surface area contributed by atoms with Gasteiger partial charge in [-0.05, 0) is 55.7 Å². The molecule has 42 nitrogen and oxygen atoms in total. The number of aliphatic carboxylic acids is 1. The number of nitrogens with two attached hydrogens (primary N) is 6. The molecule has 2 heterocycles. The first-order valence-electron chi connectivity index (χ1n) is 32.4. The summed E-state index contributed by atoms with van der Waals surface area (Å²) in [6.07, 6.45) is -21.2. The van der Waals surface area contributed by atoms with Crippen molar-refractivity contribution in [3.8, 4) is 5.75 Å². The number of primary amides is 3. The molecule has 30 N–H and O–H groups in total. The number of hydrogen-bond donors (Lipinski definition) is 24. The van der Waals surface area contributed by atoms with Crippen LogP contribution in [0.5, 0.6) is 5.75 Å². The molecule has 12 amide bonds. The third-order valence-electron chi connectivity index (χ3n) is 16.5. The molecule has 0 aliphatic carbocycles. The standard InChI is InChI=1S/C60H98N16O26/c1-6-24(3)41(75-39(82)20-68-51(92)32(17-27-10-12-28(79)13-11-27)71-50(91)29(61)18-40(83)84)56(97)74-35(23-99-58-47(89)45(87)48(26(5)100-58)102-59-46(88)44(86)43(85)36(22-78)101-59)55(96)70-31(14-15-37(62)80)52(93)76-42(25(4)7-2)57(98)72-33(19-38(63)81)53(94)73-34(21-77)54(95)69-30(49(64)90)9-8-16-67-60(65)66/h10-13,24-26,29-36,41-48,58-59,77-79,85-89H,6-9,14-23,61H2,1-5H3,(H2,62,80)(H2,63,81)(H2,64,90)(H,68,92)(H,69,95)(H,70,96)(H,71,91)(H,72,98)(H,73,94)(H,74,97)(H,75,82)(H,76,93)(H,83,84)(H4,65,66,67)/t24-,25-,26+,29-,30-,31-,32-,33-,34-,35-,36+,41-,42-,43-,44-,45+,46+,47+,48-,58+,59+/m0/s1. The summed E-state index contributed by atoms with van der Waals surface area (Å²) >= 11 is 0. The molecule has 2 saturated heterocycles. The molecule has 42 heteroatoms. The van der Waals surface area contributed by atoms with Gasteiger partial charge in [0.2, 0.25) is 70.9 Å². The van der Waals surface area contributed by atoms with E-state index < -0.39 is 257 Å². The number of hydrogen-bond acceptors (Lipinski definition) is 27. The summed E-state index contributed by atoms with van der Waals surface area (Å²) in [5, 5.41) is 114. The number of aromatic hydroxyl groups is 1. The molecular weight excluding hydrogens is 1360 g/mol. The predicted molar refractivity (Wildman–Crippen MR) is 349 cm³/mol. The van der Waals surface area contributed by atoms with Crippen molar-refractivity contribution in [1.29, 1.82) is 0 Å². The van der Waals surface area contributed by atoms with Crippen molar-refractivity contribution in [3.63, 3.8) is 0 Å². The summed E-state index contributed by atoms with van der Waals surface area (Å²) in [4.78, 5) is 178. The van der Waals surface area contributed by atoms with Crippen LogP contribution in [0.15, 0.2) is 29.3 Å². The van der Waals surface area contributed by atoms with Crippen molar-refractivity contribution in [3.05, 3.63) is 29.8 Å².